The lowest BCUT2D eigenvalue weighted by Gasteiger charge is -2.46. The van der Waals surface area contributed by atoms with Crippen LogP contribution >= 0.6 is 0 Å². The number of amides is 1. The molecule has 0 spiro atoms. The number of nitrogens with zero attached hydrogens (tertiary/aromatic N) is 2. The van der Waals surface area contributed by atoms with Crippen molar-refractivity contribution < 1.29 is 4.79 Å². The number of carbonyl (C=O) groups excluding carboxylic acids is 1. The third-order valence-electron chi connectivity index (χ3n) is 5.68. The van der Waals surface area contributed by atoms with Crippen LogP contribution in [0.4, 0.5) is 0 Å². The Morgan fingerprint density at radius 1 is 1.29 bits per heavy atom. The molecule has 4 heteroatoms. The summed E-state index contributed by atoms with van der Waals surface area (Å²) < 4.78 is 0. The molecule has 21 heavy (non-hydrogen) atoms. The van der Waals surface area contributed by atoms with Gasteiger partial charge in [0, 0.05) is 38.1 Å². The lowest BCUT2D eigenvalue weighted by atomic mass is 9.75. The topological polar surface area (TPSA) is 35.6 Å². The van der Waals surface area contributed by atoms with Crippen LogP contribution in [0.1, 0.15) is 52.4 Å². The van der Waals surface area contributed by atoms with Crippen LogP contribution in [-0.2, 0) is 4.79 Å². The molecule has 0 radical (unpaired) electrons. The Morgan fingerprint density at radius 3 is 2.48 bits per heavy atom. The molecule has 1 amide bonds. The molecule has 0 aromatic rings. The first-order chi connectivity index (χ1) is 9.93. The minimum absolute atomic E-state index is 0.222. The predicted octanol–water partition coefficient (Wildman–Crippen LogP) is 2.10. The van der Waals surface area contributed by atoms with Crippen LogP contribution in [-0.4, -0.2) is 61.0 Å². The van der Waals surface area contributed by atoms with E-state index in [2.05, 4.69) is 31.2 Å². The Morgan fingerprint density at radius 2 is 1.95 bits per heavy atom. The number of likely N-dealkylation sites (tertiary alicyclic amines) is 1. The monoisotopic (exact) mass is 295 g/mol. The zero-order valence-electron chi connectivity index (χ0n) is 14.3. The van der Waals surface area contributed by atoms with Crippen LogP contribution < -0.4 is 5.32 Å². The van der Waals surface area contributed by atoms with Gasteiger partial charge in [0.25, 0.3) is 0 Å². The largest absolute Gasteiger partial charge is 0.343 e. The fourth-order valence-corrected chi connectivity index (χ4v) is 4.09. The Kier molecular flexibility index (Phi) is 5.67. The zero-order valence-corrected chi connectivity index (χ0v) is 14.3. The second kappa shape index (κ2) is 7.10. The highest BCUT2D eigenvalue weighted by atomic mass is 16.2. The minimum Gasteiger partial charge on any atom is -0.343 e. The molecule has 2 fully saturated rings. The molecule has 1 aliphatic heterocycles. The Balaban J connectivity index is 1.84. The summed E-state index contributed by atoms with van der Waals surface area (Å²) in [5.41, 5.74) is 0.329. The van der Waals surface area contributed by atoms with E-state index in [1.165, 1.54) is 25.7 Å². The molecule has 2 aliphatic rings. The summed E-state index contributed by atoms with van der Waals surface area (Å²) in [5.74, 6) is 1.06. The van der Waals surface area contributed by atoms with E-state index in [9.17, 15) is 4.79 Å². The minimum atomic E-state index is 0.222. The van der Waals surface area contributed by atoms with Crippen LogP contribution in [0.2, 0.25) is 0 Å². The van der Waals surface area contributed by atoms with Crippen molar-refractivity contribution >= 4 is 5.91 Å². The van der Waals surface area contributed by atoms with E-state index in [0.29, 0.717) is 11.6 Å². The van der Waals surface area contributed by atoms with E-state index >= 15 is 0 Å². The molecule has 2 atom stereocenters. The molecule has 1 heterocycles. The molecule has 2 unspecified atom stereocenters. The van der Waals surface area contributed by atoms with Crippen molar-refractivity contribution in [2.75, 3.05) is 33.7 Å². The molecule has 1 saturated carbocycles. The fourth-order valence-electron chi connectivity index (χ4n) is 4.09. The molecule has 1 saturated heterocycles. The highest BCUT2D eigenvalue weighted by Crippen LogP contribution is 2.35. The quantitative estimate of drug-likeness (QED) is 0.863. The number of carbonyl (C=O) groups is 1. The molecule has 0 aromatic carbocycles. The maximum atomic E-state index is 11.4. The standard InChI is InChI=1S/C17H33N3O/c1-14-6-5-9-17(12-14,19(3)4)13-18-16-7-10-20(11-8-16)15(2)21/h14,16,18H,5-13H2,1-4H3. The molecule has 2 rings (SSSR count). The van der Waals surface area contributed by atoms with Crippen molar-refractivity contribution in [3.05, 3.63) is 0 Å². The van der Waals surface area contributed by atoms with Gasteiger partial charge in [-0.05, 0) is 45.7 Å². The van der Waals surface area contributed by atoms with Gasteiger partial charge in [-0.15, -0.1) is 0 Å². The van der Waals surface area contributed by atoms with Gasteiger partial charge in [0.15, 0.2) is 0 Å². The second-order valence-corrected chi connectivity index (χ2v) is 7.48. The lowest BCUT2D eigenvalue weighted by Crippen LogP contribution is -2.56. The van der Waals surface area contributed by atoms with Gasteiger partial charge in [-0.3, -0.25) is 4.79 Å². The predicted molar refractivity (Wildman–Crippen MR) is 87.3 cm³/mol. The summed E-state index contributed by atoms with van der Waals surface area (Å²) in [5, 5.41) is 3.81. The number of hydrogen-bond acceptors (Lipinski definition) is 3. The van der Waals surface area contributed by atoms with Gasteiger partial charge < -0.3 is 15.1 Å². The van der Waals surface area contributed by atoms with Crippen molar-refractivity contribution in [1.29, 1.82) is 0 Å². The average molecular weight is 295 g/mol. The smallest absolute Gasteiger partial charge is 0.219 e. The number of piperidine rings is 1. The summed E-state index contributed by atoms with van der Waals surface area (Å²) >= 11 is 0. The molecular formula is C17H33N3O. The third kappa shape index (κ3) is 4.19. The number of nitrogens with one attached hydrogen (secondary N) is 1. The number of rotatable bonds is 4. The van der Waals surface area contributed by atoms with Crippen LogP contribution in [0.3, 0.4) is 0 Å². The zero-order chi connectivity index (χ0) is 15.5. The van der Waals surface area contributed by atoms with Crippen LogP contribution in [0.5, 0.6) is 0 Å². The van der Waals surface area contributed by atoms with Crippen LogP contribution in [0.15, 0.2) is 0 Å². The normalized spacial score (nSPS) is 31.7. The average Bonchev–Trinajstić information content (AvgIpc) is 2.45. The first kappa shape index (κ1) is 16.8. The number of likely N-dealkylation sites (N-methyl/N-ethyl adjacent to an activating group) is 1. The van der Waals surface area contributed by atoms with E-state index in [0.717, 1.165) is 38.4 Å². The maximum absolute atomic E-state index is 11.4. The molecular weight excluding hydrogens is 262 g/mol. The van der Waals surface area contributed by atoms with Crippen LogP contribution in [0.25, 0.3) is 0 Å². The van der Waals surface area contributed by atoms with Gasteiger partial charge >= 0.3 is 0 Å². The summed E-state index contributed by atoms with van der Waals surface area (Å²) in [6, 6.07) is 0.578. The third-order valence-corrected chi connectivity index (χ3v) is 5.68. The van der Waals surface area contributed by atoms with Crippen molar-refractivity contribution in [3.8, 4) is 0 Å². The van der Waals surface area contributed by atoms with Crippen molar-refractivity contribution in [2.45, 2.75) is 64.0 Å². The molecule has 4 nitrogen and oxygen atoms in total. The van der Waals surface area contributed by atoms with Crippen molar-refractivity contribution in [2.24, 2.45) is 5.92 Å². The van der Waals surface area contributed by atoms with E-state index in [4.69, 9.17) is 0 Å². The number of hydrogen-bond donors (Lipinski definition) is 1. The lowest BCUT2D eigenvalue weighted by molar-refractivity contribution is -0.129. The Bertz CT molecular complexity index is 350. The summed E-state index contributed by atoms with van der Waals surface area (Å²) in [7, 11) is 4.47. The molecule has 0 bridgehead atoms. The molecule has 0 aromatic heterocycles. The Hall–Kier alpha value is -0.610. The molecule has 122 valence electrons. The van der Waals surface area contributed by atoms with E-state index in [1.807, 2.05) is 4.90 Å². The summed E-state index contributed by atoms with van der Waals surface area (Å²) in [6.07, 6.45) is 7.54. The van der Waals surface area contributed by atoms with Gasteiger partial charge in [0.1, 0.15) is 0 Å². The summed E-state index contributed by atoms with van der Waals surface area (Å²) in [4.78, 5) is 15.8. The van der Waals surface area contributed by atoms with Gasteiger partial charge in [-0.25, -0.2) is 0 Å². The van der Waals surface area contributed by atoms with E-state index in [1.54, 1.807) is 6.92 Å². The SMILES string of the molecule is CC(=O)N1CCC(NCC2(N(C)C)CCCC(C)C2)CC1. The maximum Gasteiger partial charge on any atom is 0.219 e. The van der Waals surface area contributed by atoms with Gasteiger partial charge in [-0.1, -0.05) is 19.8 Å². The molecule has 1 N–H and O–H groups in total. The van der Waals surface area contributed by atoms with Crippen molar-refractivity contribution in [3.63, 3.8) is 0 Å². The molecule has 1 aliphatic carbocycles. The Labute approximate surface area is 130 Å². The van der Waals surface area contributed by atoms with E-state index < -0.39 is 0 Å². The highest BCUT2D eigenvalue weighted by Gasteiger charge is 2.37. The fraction of sp³-hybridized carbons (Fsp3) is 0.941. The van der Waals surface area contributed by atoms with Gasteiger partial charge in [0.2, 0.25) is 5.91 Å². The highest BCUT2D eigenvalue weighted by molar-refractivity contribution is 5.73. The van der Waals surface area contributed by atoms with Gasteiger partial charge in [-0.2, -0.15) is 0 Å². The van der Waals surface area contributed by atoms with Crippen LogP contribution in [0, 0.1) is 5.92 Å². The van der Waals surface area contributed by atoms with Gasteiger partial charge in [0.05, 0.1) is 0 Å². The van der Waals surface area contributed by atoms with E-state index in [-0.39, 0.29) is 5.91 Å². The first-order valence-electron chi connectivity index (χ1n) is 8.59. The second-order valence-electron chi connectivity index (χ2n) is 7.48. The summed E-state index contributed by atoms with van der Waals surface area (Å²) in [6.45, 7) is 6.99. The van der Waals surface area contributed by atoms with Crippen molar-refractivity contribution in [1.82, 2.24) is 15.1 Å². The first-order valence-corrected chi connectivity index (χ1v) is 8.59.